The molecule has 0 radical (unpaired) electrons. The lowest BCUT2D eigenvalue weighted by Crippen LogP contribution is -2.18. The van der Waals surface area contributed by atoms with Crippen molar-refractivity contribution in [3.63, 3.8) is 0 Å². The van der Waals surface area contributed by atoms with Crippen molar-refractivity contribution >= 4 is 34.8 Å². The third-order valence-corrected chi connectivity index (χ3v) is 3.98. The summed E-state index contributed by atoms with van der Waals surface area (Å²) in [6.45, 7) is 1.97. The van der Waals surface area contributed by atoms with E-state index in [2.05, 4.69) is 15.6 Å². The maximum atomic E-state index is 12.4. The van der Waals surface area contributed by atoms with Gasteiger partial charge in [0.25, 0.3) is 11.8 Å². The number of rotatable bonds is 4. The molecule has 0 unspecified atom stereocenters. The first-order valence-corrected chi connectivity index (χ1v) is 8.32. The summed E-state index contributed by atoms with van der Waals surface area (Å²) < 4.78 is 0. The zero-order valence-electron chi connectivity index (χ0n) is 14.0. The van der Waals surface area contributed by atoms with Gasteiger partial charge in [0.05, 0.1) is 10.7 Å². The van der Waals surface area contributed by atoms with Gasteiger partial charge < -0.3 is 10.6 Å². The first kappa shape index (κ1) is 17.6. The minimum absolute atomic E-state index is 0.126. The van der Waals surface area contributed by atoms with Crippen LogP contribution in [0.2, 0.25) is 5.02 Å². The fourth-order valence-corrected chi connectivity index (χ4v) is 2.45. The second-order valence-corrected chi connectivity index (χ2v) is 6.07. The maximum Gasteiger partial charge on any atom is 0.274 e. The van der Waals surface area contributed by atoms with Crippen molar-refractivity contribution in [2.75, 3.05) is 10.6 Å². The van der Waals surface area contributed by atoms with Crippen molar-refractivity contribution in [1.82, 2.24) is 4.98 Å². The lowest BCUT2D eigenvalue weighted by Gasteiger charge is -2.08. The topological polar surface area (TPSA) is 71.1 Å². The number of aromatic nitrogens is 1. The highest BCUT2D eigenvalue weighted by atomic mass is 35.5. The minimum Gasteiger partial charge on any atom is -0.321 e. The third kappa shape index (κ3) is 4.26. The van der Waals surface area contributed by atoms with Gasteiger partial charge in [-0.2, -0.15) is 0 Å². The summed E-state index contributed by atoms with van der Waals surface area (Å²) in [6.07, 6.45) is 0. The second kappa shape index (κ2) is 7.80. The summed E-state index contributed by atoms with van der Waals surface area (Å²) in [5.41, 5.74) is 2.52. The Hall–Kier alpha value is -3.18. The quantitative estimate of drug-likeness (QED) is 0.712. The van der Waals surface area contributed by atoms with E-state index in [0.717, 1.165) is 5.56 Å². The second-order valence-electron chi connectivity index (χ2n) is 5.66. The Kier molecular flexibility index (Phi) is 5.29. The van der Waals surface area contributed by atoms with E-state index in [1.165, 1.54) is 6.07 Å². The van der Waals surface area contributed by atoms with E-state index in [4.69, 9.17) is 11.6 Å². The third-order valence-electron chi connectivity index (χ3n) is 3.65. The van der Waals surface area contributed by atoms with Gasteiger partial charge in [-0.3, -0.25) is 9.59 Å². The number of para-hydroxylation sites is 1. The molecule has 2 N–H and O–H groups in total. The molecule has 0 aliphatic carbocycles. The van der Waals surface area contributed by atoms with E-state index in [1.807, 2.05) is 19.1 Å². The predicted molar refractivity (Wildman–Crippen MR) is 103 cm³/mol. The van der Waals surface area contributed by atoms with Crippen LogP contribution in [0.15, 0.2) is 66.7 Å². The number of nitrogens with one attached hydrogen (secondary N) is 2. The Bertz CT molecular complexity index is 955. The average molecular weight is 366 g/mol. The van der Waals surface area contributed by atoms with Gasteiger partial charge in [-0.1, -0.05) is 47.5 Å². The van der Waals surface area contributed by atoms with Gasteiger partial charge in [0.2, 0.25) is 0 Å². The van der Waals surface area contributed by atoms with Crippen molar-refractivity contribution in [1.29, 1.82) is 0 Å². The van der Waals surface area contributed by atoms with Gasteiger partial charge in [0.15, 0.2) is 0 Å². The molecule has 130 valence electrons. The molecule has 1 aromatic heterocycles. The zero-order chi connectivity index (χ0) is 18.5. The molecular formula is C20H16ClN3O2. The van der Waals surface area contributed by atoms with Crippen molar-refractivity contribution in [2.24, 2.45) is 0 Å². The fourth-order valence-electron chi connectivity index (χ4n) is 2.27. The predicted octanol–water partition coefficient (Wildman–Crippen LogP) is 4.55. The van der Waals surface area contributed by atoms with Gasteiger partial charge in [0.1, 0.15) is 11.4 Å². The summed E-state index contributed by atoms with van der Waals surface area (Å²) in [5, 5.41) is 5.86. The summed E-state index contributed by atoms with van der Waals surface area (Å²) in [5.74, 6) is -0.829. The lowest BCUT2D eigenvalue weighted by molar-refractivity contribution is 0.101. The Balaban J connectivity index is 1.75. The minimum atomic E-state index is -0.442. The molecule has 0 aliphatic heterocycles. The highest BCUT2D eigenvalue weighted by molar-refractivity contribution is 6.33. The van der Waals surface area contributed by atoms with E-state index < -0.39 is 5.91 Å². The summed E-state index contributed by atoms with van der Waals surface area (Å²) in [6, 6.07) is 19.0. The summed E-state index contributed by atoms with van der Waals surface area (Å²) >= 11 is 6.04. The summed E-state index contributed by atoms with van der Waals surface area (Å²) in [7, 11) is 0. The molecule has 0 aliphatic rings. The molecule has 0 saturated heterocycles. The molecular weight excluding hydrogens is 350 g/mol. The fraction of sp³-hybridized carbons (Fsp3) is 0.0500. The van der Waals surface area contributed by atoms with Gasteiger partial charge in [-0.15, -0.1) is 0 Å². The van der Waals surface area contributed by atoms with E-state index in [0.29, 0.717) is 16.4 Å². The van der Waals surface area contributed by atoms with Crippen LogP contribution >= 0.6 is 11.6 Å². The Morgan fingerprint density at radius 2 is 1.42 bits per heavy atom. The molecule has 6 heteroatoms. The van der Waals surface area contributed by atoms with Crippen molar-refractivity contribution < 1.29 is 9.59 Å². The van der Waals surface area contributed by atoms with Crippen LogP contribution in [0.1, 0.15) is 26.5 Å². The molecule has 0 bridgehead atoms. The van der Waals surface area contributed by atoms with Gasteiger partial charge in [0, 0.05) is 5.69 Å². The van der Waals surface area contributed by atoms with E-state index >= 15 is 0 Å². The SMILES string of the molecule is Cc1ccc(NC(=O)c2cccc(C(=O)Nc3ccccc3Cl)n2)cc1. The van der Waals surface area contributed by atoms with Crippen molar-refractivity contribution in [3.8, 4) is 0 Å². The smallest absolute Gasteiger partial charge is 0.274 e. The number of hydrogen-bond acceptors (Lipinski definition) is 3. The standard InChI is InChI=1S/C20H16ClN3O2/c1-13-9-11-14(12-10-13)22-19(25)17-7-4-8-18(23-17)20(26)24-16-6-3-2-5-15(16)21/h2-12H,1H3,(H,22,25)(H,24,26). The van der Waals surface area contributed by atoms with Crippen LogP contribution in [0, 0.1) is 6.92 Å². The number of anilines is 2. The zero-order valence-corrected chi connectivity index (χ0v) is 14.7. The van der Waals surface area contributed by atoms with Crippen LogP contribution in [-0.4, -0.2) is 16.8 Å². The molecule has 26 heavy (non-hydrogen) atoms. The largest absolute Gasteiger partial charge is 0.321 e. The molecule has 1 heterocycles. The Morgan fingerprint density at radius 1 is 0.808 bits per heavy atom. The number of hydrogen-bond donors (Lipinski definition) is 2. The van der Waals surface area contributed by atoms with Crippen LogP contribution in [-0.2, 0) is 0 Å². The number of benzene rings is 2. The van der Waals surface area contributed by atoms with Crippen molar-refractivity contribution in [3.05, 3.63) is 88.7 Å². The maximum absolute atomic E-state index is 12.4. The highest BCUT2D eigenvalue weighted by Crippen LogP contribution is 2.21. The van der Waals surface area contributed by atoms with Gasteiger partial charge in [-0.05, 0) is 43.3 Å². The monoisotopic (exact) mass is 365 g/mol. The van der Waals surface area contributed by atoms with E-state index in [9.17, 15) is 9.59 Å². The number of amides is 2. The number of aryl methyl sites for hydroxylation is 1. The number of pyridine rings is 1. The lowest BCUT2D eigenvalue weighted by atomic mass is 10.2. The van der Waals surface area contributed by atoms with E-state index in [-0.39, 0.29) is 17.3 Å². The number of halogens is 1. The van der Waals surface area contributed by atoms with E-state index in [1.54, 1.807) is 48.5 Å². The molecule has 0 fully saturated rings. The first-order chi connectivity index (χ1) is 12.5. The molecule has 0 spiro atoms. The molecule has 5 nitrogen and oxygen atoms in total. The molecule has 2 aromatic carbocycles. The molecule has 0 saturated carbocycles. The van der Waals surface area contributed by atoms with Gasteiger partial charge >= 0.3 is 0 Å². The van der Waals surface area contributed by atoms with Crippen LogP contribution in [0.5, 0.6) is 0 Å². The van der Waals surface area contributed by atoms with Crippen LogP contribution in [0.3, 0.4) is 0 Å². The number of carbonyl (C=O) groups is 2. The normalized spacial score (nSPS) is 10.2. The highest BCUT2D eigenvalue weighted by Gasteiger charge is 2.13. The number of carbonyl (C=O) groups excluding carboxylic acids is 2. The van der Waals surface area contributed by atoms with Crippen LogP contribution in [0.4, 0.5) is 11.4 Å². The number of nitrogens with zero attached hydrogens (tertiary/aromatic N) is 1. The first-order valence-electron chi connectivity index (χ1n) is 7.94. The molecule has 2 amide bonds. The van der Waals surface area contributed by atoms with Gasteiger partial charge in [-0.25, -0.2) is 4.98 Å². The Labute approximate surface area is 156 Å². The summed E-state index contributed by atoms with van der Waals surface area (Å²) in [4.78, 5) is 28.9. The van der Waals surface area contributed by atoms with Crippen molar-refractivity contribution in [2.45, 2.75) is 6.92 Å². The van der Waals surface area contributed by atoms with Crippen LogP contribution in [0.25, 0.3) is 0 Å². The van der Waals surface area contributed by atoms with Crippen LogP contribution < -0.4 is 10.6 Å². The molecule has 0 atom stereocenters. The molecule has 3 aromatic rings. The molecule has 3 rings (SSSR count). The average Bonchev–Trinajstić information content (AvgIpc) is 2.65. The Morgan fingerprint density at radius 3 is 2.08 bits per heavy atom.